The highest BCUT2D eigenvalue weighted by molar-refractivity contribution is 5.64. The zero-order valence-electron chi connectivity index (χ0n) is 8.08. The van der Waals surface area contributed by atoms with E-state index in [1.807, 2.05) is 31.2 Å². The minimum Gasteiger partial charge on any atom is -0.397 e. The molecule has 3 nitrogen and oxygen atoms in total. The third-order valence-electron chi connectivity index (χ3n) is 1.91. The Labute approximate surface area is 78.8 Å². The summed E-state index contributed by atoms with van der Waals surface area (Å²) in [4.78, 5) is 5.33. The number of nitrogens with one attached hydrogen (secondary N) is 1. The van der Waals surface area contributed by atoms with E-state index in [1.165, 1.54) is 0 Å². The number of nitrogen functional groups attached to an aromatic ring is 1. The summed E-state index contributed by atoms with van der Waals surface area (Å²) in [5.74, 6) is 0. The van der Waals surface area contributed by atoms with E-state index in [0.29, 0.717) is 5.69 Å². The molecular formula is C10H16N2O. The minimum atomic E-state index is 0.194. The van der Waals surface area contributed by atoms with Gasteiger partial charge in [0.2, 0.25) is 0 Å². The number of para-hydroxylation sites is 2. The highest BCUT2D eigenvalue weighted by atomic mass is 16.7. The minimum absolute atomic E-state index is 0.194. The van der Waals surface area contributed by atoms with E-state index in [9.17, 15) is 0 Å². The Bertz CT molecular complexity index is 263. The molecule has 0 radical (unpaired) electrons. The van der Waals surface area contributed by atoms with Crippen LogP contribution < -0.4 is 11.2 Å². The van der Waals surface area contributed by atoms with E-state index in [0.717, 1.165) is 12.1 Å². The normalized spacial score (nSPS) is 12.5. The number of rotatable bonds is 4. The van der Waals surface area contributed by atoms with Gasteiger partial charge in [0.1, 0.15) is 0 Å². The lowest BCUT2D eigenvalue weighted by atomic mass is 10.3. The second-order valence-corrected chi connectivity index (χ2v) is 3.03. The van der Waals surface area contributed by atoms with Crippen LogP contribution in [0.25, 0.3) is 0 Å². The number of hydrogen-bond acceptors (Lipinski definition) is 3. The molecule has 1 unspecified atom stereocenters. The summed E-state index contributed by atoms with van der Waals surface area (Å²) in [6, 6.07) is 7.53. The lowest BCUT2D eigenvalue weighted by Crippen LogP contribution is -2.12. The predicted molar refractivity (Wildman–Crippen MR) is 55.3 cm³/mol. The van der Waals surface area contributed by atoms with Crippen molar-refractivity contribution in [2.24, 2.45) is 0 Å². The number of nitrogens with two attached hydrogens (primary N) is 1. The quantitative estimate of drug-likeness (QED) is 0.552. The van der Waals surface area contributed by atoms with Crippen molar-refractivity contribution in [3.8, 4) is 0 Å². The zero-order chi connectivity index (χ0) is 9.68. The zero-order valence-corrected chi connectivity index (χ0v) is 8.08. The molecule has 0 fully saturated rings. The Morgan fingerprint density at radius 1 is 1.46 bits per heavy atom. The highest BCUT2D eigenvalue weighted by Gasteiger charge is 2.00. The van der Waals surface area contributed by atoms with Gasteiger partial charge in [0.05, 0.1) is 17.5 Å². The van der Waals surface area contributed by atoms with Crippen molar-refractivity contribution in [2.45, 2.75) is 26.4 Å². The maximum absolute atomic E-state index is 5.71. The van der Waals surface area contributed by atoms with Gasteiger partial charge in [-0.2, -0.15) is 0 Å². The summed E-state index contributed by atoms with van der Waals surface area (Å²) < 4.78 is 0. The molecular weight excluding hydrogens is 164 g/mol. The van der Waals surface area contributed by atoms with Gasteiger partial charge < -0.3 is 5.73 Å². The molecule has 1 aromatic rings. The second-order valence-electron chi connectivity index (χ2n) is 3.03. The van der Waals surface area contributed by atoms with E-state index in [-0.39, 0.29) is 6.10 Å². The molecule has 72 valence electrons. The Balaban J connectivity index is 2.50. The molecule has 0 aliphatic heterocycles. The number of anilines is 2. The molecule has 0 saturated heterocycles. The molecule has 0 aromatic heterocycles. The van der Waals surface area contributed by atoms with Crippen LogP contribution >= 0.6 is 0 Å². The molecule has 0 aliphatic rings. The molecule has 0 bridgehead atoms. The summed E-state index contributed by atoms with van der Waals surface area (Å²) in [6.45, 7) is 4.08. The Hall–Kier alpha value is -1.22. The third kappa shape index (κ3) is 2.95. The fraction of sp³-hybridized carbons (Fsp3) is 0.400. The van der Waals surface area contributed by atoms with Crippen molar-refractivity contribution in [1.82, 2.24) is 0 Å². The van der Waals surface area contributed by atoms with Gasteiger partial charge in [-0.25, -0.2) is 0 Å². The number of hydrogen-bond donors (Lipinski definition) is 2. The van der Waals surface area contributed by atoms with E-state index in [1.54, 1.807) is 0 Å². The van der Waals surface area contributed by atoms with Gasteiger partial charge in [0.25, 0.3) is 0 Å². The van der Waals surface area contributed by atoms with Gasteiger partial charge in [-0.15, -0.1) is 0 Å². The smallest absolute Gasteiger partial charge is 0.0833 e. The van der Waals surface area contributed by atoms with Crippen molar-refractivity contribution < 1.29 is 4.84 Å². The monoisotopic (exact) mass is 180 g/mol. The summed E-state index contributed by atoms with van der Waals surface area (Å²) in [5, 5.41) is 0. The molecule has 0 heterocycles. The Morgan fingerprint density at radius 2 is 2.15 bits per heavy atom. The van der Waals surface area contributed by atoms with Crippen LogP contribution in [0.1, 0.15) is 20.3 Å². The van der Waals surface area contributed by atoms with Gasteiger partial charge >= 0.3 is 0 Å². The molecule has 1 atom stereocenters. The van der Waals surface area contributed by atoms with Gasteiger partial charge in [0.15, 0.2) is 0 Å². The summed E-state index contributed by atoms with van der Waals surface area (Å²) in [6.07, 6.45) is 1.17. The third-order valence-corrected chi connectivity index (χ3v) is 1.91. The SMILES string of the molecule is CCC(C)ONc1ccccc1N. The summed E-state index contributed by atoms with van der Waals surface area (Å²) >= 11 is 0. The van der Waals surface area contributed by atoms with E-state index in [4.69, 9.17) is 10.6 Å². The topological polar surface area (TPSA) is 47.3 Å². The average Bonchev–Trinajstić information content (AvgIpc) is 2.16. The van der Waals surface area contributed by atoms with E-state index in [2.05, 4.69) is 12.4 Å². The van der Waals surface area contributed by atoms with Crippen molar-refractivity contribution in [3.63, 3.8) is 0 Å². The van der Waals surface area contributed by atoms with Crippen molar-refractivity contribution in [3.05, 3.63) is 24.3 Å². The van der Waals surface area contributed by atoms with Gasteiger partial charge in [0, 0.05) is 0 Å². The maximum Gasteiger partial charge on any atom is 0.0833 e. The Morgan fingerprint density at radius 3 is 2.77 bits per heavy atom. The van der Waals surface area contributed by atoms with Gasteiger partial charge in [-0.05, 0) is 25.5 Å². The van der Waals surface area contributed by atoms with Crippen LogP contribution in [-0.2, 0) is 4.84 Å². The maximum atomic E-state index is 5.71. The van der Waals surface area contributed by atoms with Crippen LogP contribution in [0.5, 0.6) is 0 Å². The first-order valence-corrected chi connectivity index (χ1v) is 4.50. The van der Waals surface area contributed by atoms with Gasteiger partial charge in [-0.1, -0.05) is 19.1 Å². The molecule has 3 N–H and O–H groups in total. The molecule has 13 heavy (non-hydrogen) atoms. The second kappa shape index (κ2) is 4.72. The van der Waals surface area contributed by atoms with Crippen molar-refractivity contribution in [1.29, 1.82) is 0 Å². The van der Waals surface area contributed by atoms with Crippen molar-refractivity contribution >= 4 is 11.4 Å². The van der Waals surface area contributed by atoms with Crippen LogP contribution in [0.3, 0.4) is 0 Å². The first kappa shape index (κ1) is 9.86. The van der Waals surface area contributed by atoms with Crippen LogP contribution in [0.2, 0.25) is 0 Å². The Kier molecular flexibility index (Phi) is 3.58. The van der Waals surface area contributed by atoms with Crippen LogP contribution in [-0.4, -0.2) is 6.10 Å². The predicted octanol–water partition coefficient (Wildman–Crippen LogP) is 2.41. The first-order valence-electron chi connectivity index (χ1n) is 4.50. The lowest BCUT2D eigenvalue weighted by Gasteiger charge is -2.13. The van der Waals surface area contributed by atoms with Crippen LogP contribution in [0.4, 0.5) is 11.4 Å². The summed E-state index contributed by atoms with van der Waals surface area (Å²) in [5.41, 5.74) is 10.1. The van der Waals surface area contributed by atoms with E-state index < -0.39 is 0 Å². The van der Waals surface area contributed by atoms with Crippen molar-refractivity contribution in [2.75, 3.05) is 11.2 Å². The molecule has 0 spiro atoms. The van der Waals surface area contributed by atoms with Crippen LogP contribution in [0.15, 0.2) is 24.3 Å². The largest absolute Gasteiger partial charge is 0.397 e. The lowest BCUT2D eigenvalue weighted by molar-refractivity contribution is 0.112. The molecule has 1 rings (SSSR count). The number of benzene rings is 1. The van der Waals surface area contributed by atoms with Gasteiger partial charge in [-0.3, -0.25) is 10.3 Å². The highest BCUT2D eigenvalue weighted by Crippen LogP contribution is 2.17. The average molecular weight is 180 g/mol. The first-order chi connectivity index (χ1) is 6.24. The standard InChI is InChI=1S/C10H16N2O/c1-3-8(2)13-12-10-7-5-4-6-9(10)11/h4-8,12H,3,11H2,1-2H3. The molecule has 0 amide bonds. The summed E-state index contributed by atoms with van der Waals surface area (Å²) in [7, 11) is 0. The fourth-order valence-corrected chi connectivity index (χ4v) is 0.837. The molecule has 0 aliphatic carbocycles. The molecule has 0 saturated carbocycles. The van der Waals surface area contributed by atoms with E-state index >= 15 is 0 Å². The van der Waals surface area contributed by atoms with Crippen LogP contribution in [0, 0.1) is 0 Å². The molecule has 1 aromatic carbocycles. The fourth-order valence-electron chi connectivity index (χ4n) is 0.837. The molecule has 3 heteroatoms.